The van der Waals surface area contributed by atoms with Crippen molar-refractivity contribution in [3.8, 4) is 0 Å². The van der Waals surface area contributed by atoms with Gasteiger partial charge in [-0.15, -0.1) is 0 Å². The molecular formula is C18H22O2. The number of allylic oxidation sites excluding steroid dienone is 1. The maximum atomic E-state index is 11.7. The third kappa shape index (κ3) is 3.89. The van der Waals surface area contributed by atoms with Gasteiger partial charge in [0.2, 0.25) is 0 Å². The first-order valence-corrected chi connectivity index (χ1v) is 7.53. The van der Waals surface area contributed by atoms with Crippen LogP contribution in [0.4, 0.5) is 0 Å². The van der Waals surface area contributed by atoms with Crippen LogP contribution in [0.1, 0.15) is 61.4 Å². The Balaban J connectivity index is 1.91. The van der Waals surface area contributed by atoms with Crippen molar-refractivity contribution in [2.45, 2.75) is 45.4 Å². The van der Waals surface area contributed by atoms with Crippen LogP contribution in [-0.2, 0) is 4.79 Å². The summed E-state index contributed by atoms with van der Waals surface area (Å²) in [7, 11) is 0. The average Bonchev–Trinajstić information content (AvgIpc) is 2.49. The van der Waals surface area contributed by atoms with Crippen molar-refractivity contribution in [1.29, 1.82) is 0 Å². The number of carbonyl (C=O) groups excluding carboxylic acids is 2. The molecule has 106 valence electrons. The Hall–Kier alpha value is -1.70. The molecule has 0 heterocycles. The first kappa shape index (κ1) is 14.7. The number of Topliss-reactive ketones (excluding diaryl/α,β-unsaturated/α-hetero) is 2. The van der Waals surface area contributed by atoms with E-state index in [-0.39, 0.29) is 11.7 Å². The van der Waals surface area contributed by atoms with Crippen molar-refractivity contribution in [3.63, 3.8) is 0 Å². The Bertz CT molecular complexity index is 497. The fourth-order valence-electron chi connectivity index (χ4n) is 2.66. The summed E-state index contributed by atoms with van der Waals surface area (Å²) in [4.78, 5) is 23.2. The molecule has 2 heteroatoms. The largest absolute Gasteiger partial charge is 0.299 e. The Labute approximate surface area is 120 Å². The molecule has 1 atom stereocenters. The molecule has 0 amide bonds. The molecule has 1 aliphatic carbocycles. The lowest BCUT2D eigenvalue weighted by Crippen LogP contribution is -2.17. The van der Waals surface area contributed by atoms with E-state index in [9.17, 15) is 9.59 Å². The normalized spacial score (nSPS) is 19.4. The lowest BCUT2D eigenvalue weighted by Gasteiger charge is -2.18. The fraction of sp³-hybridized carbons (Fsp3) is 0.444. The number of ketones is 2. The summed E-state index contributed by atoms with van der Waals surface area (Å²) in [6, 6.07) is 7.67. The Morgan fingerprint density at radius 1 is 1.25 bits per heavy atom. The smallest absolute Gasteiger partial charge is 0.162 e. The number of hydrogen-bond donors (Lipinski definition) is 0. The monoisotopic (exact) mass is 270 g/mol. The highest BCUT2D eigenvalue weighted by Gasteiger charge is 2.20. The van der Waals surface area contributed by atoms with Gasteiger partial charge in [-0.05, 0) is 24.8 Å². The van der Waals surface area contributed by atoms with Crippen molar-refractivity contribution in [2.24, 2.45) is 5.92 Å². The molecule has 0 N–H and O–H groups in total. The minimum atomic E-state index is 0.174. The van der Waals surface area contributed by atoms with E-state index in [1.165, 1.54) is 6.42 Å². The summed E-state index contributed by atoms with van der Waals surface area (Å²) in [5.41, 5.74) is 1.85. The van der Waals surface area contributed by atoms with Gasteiger partial charge in [-0.2, -0.15) is 0 Å². The maximum absolute atomic E-state index is 11.7. The molecule has 0 aromatic heterocycles. The van der Waals surface area contributed by atoms with Gasteiger partial charge in [-0.3, -0.25) is 9.59 Å². The molecule has 0 saturated heterocycles. The van der Waals surface area contributed by atoms with Crippen LogP contribution >= 0.6 is 0 Å². The van der Waals surface area contributed by atoms with Crippen molar-refractivity contribution in [3.05, 3.63) is 41.5 Å². The Morgan fingerprint density at radius 2 is 2.00 bits per heavy atom. The minimum Gasteiger partial charge on any atom is -0.299 e. The van der Waals surface area contributed by atoms with Crippen LogP contribution in [0, 0.1) is 5.92 Å². The van der Waals surface area contributed by atoms with Gasteiger partial charge in [-0.25, -0.2) is 0 Å². The van der Waals surface area contributed by atoms with Crippen LogP contribution in [0.15, 0.2) is 30.3 Å². The van der Waals surface area contributed by atoms with Crippen molar-refractivity contribution < 1.29 is 9.59 Å². The van der Waals surface area contributed by atoms with Gasteiger partial charge in [0.1, 0.15) is 5.78 Å². The SMILES string of the molecule is CCC(=O)c1ccc(/C=C/CC2CCCCC2=O)cc1. The molecule has 0 radical (unpaired) electrons. The molecule has 0 spiro atoms. The highest BCUT2D eigenvalue weighted by atomic mass is 16.1. The lowest BCUT2D eigenvalue weighted by atomic mass is 9.85. The molecule has 20 heavy (non-hydrogen) atoms. The van der Waals surface area contributed by atoms with Gasteiger partial charge >= 0.3 is 0 Å². The topological polar surface area (TPSA) is 34.1 Å². The van der Waals surface area contributed by atoms with Gasteiger partial charge in [0, 0.05) is 24.3 Å². The molecule has 1 aromatic carbocycles. The zero-order valence-electron chi connectivity index (χ0n) is 12.1. The molecule has 1 saturated carbocycles. The van der Waals surface area contributed by atoms with E-state index < -0.39 is 0 Å². The Kier molecular flexibility index (Phi) is 5.28. The molecular weight excluding hydrogens is 248 g/mol. The standard InChI is InChI=1S/C18H22O2/c1-2-17(19)16-12-10-14(11-13-16)6-5-8-15-7-3-4-9-18(15)20/h5-6,10-13,15H,2-4,7-9H2,1H3/b6-5+. The van der Waals surface area contributed by atoms with Gasteiger partial charge in [-0.1, -0.05) is 49.8 Å². The molecule has 0 bridgehead atoms. The predicted molar refractivity (Wildman–Crippen MR) is 81.7 cm³/mol. The highest BCUT2D eigenvalue weighted by molar-refractivity contribution is 5.95. The van der Waals surface area contributed by atoms with Crippen molar-refractivity contribution >= 4 is 17.6 Å². The van der Waals surface area contributed by atoms with Crippen LogP contribution in [-0.4, -0.2) is 11.6 Å². The van der Waals surface area contributed by atoms with Gasteiger partial charge in [0.15, 0.2) is 5.78 Å². The van der Waals surface area contributed by atoms with Crippen LogP contribution in [0.25, 0.3) is 6.08 Å². The second kappa shape index (κ2) is 7.18. The lowest BCUT2D eigenvalue weighted by molar-refractivity contribution is -0.124. The van der Waals surface area contributed by atoms with E-state index in [4.69, 9.17) is 0 Å². The van der Waals surface area contributed by atoms with E-state index in [1.807, 2.05) is 37.3 Å². The van der Waals surface area contributed by atoms with E-state index in [0.717, 1.165) is 36.8 Å². The number of carbonyl (C=O) groups is 2. The zero-order valence-corrected chi connectivity index (χ0v) is 12.1. The summed E-state index contributed by atoms with van der Waals surface area (Å²) in [6.07, 6.45) is 9.55. The minimum absolute atomic E-state index is 0.174. The third-order valence-corrected chi connectivity index (χ3v) is 3.97. The summed E-state index contributed by atoms with van der Waals surface area (Å²) in [5, 5.41) is 0. The van der Waals surface area contributed by atoms with E-state index in [0.29, 0.717) is 12.2 Å². The summed E-state index contributed by atoms with van der Waals surface area (Å²) >= 11 is 0. The second-order valence-electron chi connectivity index (χ2n) is 5.45. The second-order valence-corrected chi connectivity index (χ2v) is 5.45. The number of rotatable bonds is 5. The van der Waals surface area contributed by atoms with Crippen molar-refractivity contribution in [1.82, 2.24) is 0 Å². The molecule has 0 aliphatic heterocycles. The van der Waals surface area contributed by atoms with Gasteiger partial charge in [0.05, 0.1) is 0 Å². The Morgan fingerprint density at radius 3 is 2.65 bits per heavy atom. The quantitative estimate of drug-likeness (QED) is 0.741. The van der Waals surface area contributed by atoms with Crippen LogP contribution in [0.5, 0.6) is 0 Å². The van der Waals surface area contributed by atoms with E-state index in [2.05, 4.69) is 6.08 Å². The fourth-order valence-corrected chi connectivity index (χ4v) is 2.66. The predicted octanol–water partition coefficient (Wildman–Crippen LogP) is 4.44. The molecule has 1 unspecified atom stereocenters. The van der Waals surface area contributed by atoms with Gasteiger partial charge < -0.3 is 0 Å². The zero-order chi connectivity index (χ0) is 14.4. The third-order valence-electron chi connectivity index (χ3n) is 3.97. The number of benzene rings is 1. The first-order valence-electron chi connectivity index (χ1n) is 7.53. The van der Waals surface area contributed by atoms with Crippen molar-refractivity contribution in [2.75, 3.05) is 0 Å². The van der Waals surface area contributed by atoms with Crippen LogP contribution in [0.2, 0.25) is 0 Å². The summed E-state index contributed by atoms with van der Waals surface area (Å²) in [5.74, 6) is 0.819. The summed E-state index contributed by atoms with van der Waals surface area (Å²) in [6.45, 7) is 1.87. The molecule has 2 rings (SSSR count). The molecule has 1 aromatic rings. The van der Waals surface area contributed by atoms with Crippen LogP contribution in [0.3, 0.4) is 0 Å². The molecule has 2 nitrogen and oxygen atoms in total. The van der Waals surface area contributed by atoms with E-state index in [1.54, 1.807) is 0 Å². The molecule has 1 fully saturated rings. The summed E-state index contributed by atoms with van der Waals surface area (Å²) < 4.78 is 0. The van der Waals surface area contributed by atoms with Crippen LogP contribution < -0.4 is 0 Å². The average molecular weight is 270 g/mol. The van der Waals surface area contributed by atoms with E-state index >= 15 is 0 Å². The maximum Gasteiger partial charge on any atom is 0.162 e. The number of hydrogen-bond acceptors (Lipinski definition) is 2. The first-order chi connectivity index (χ1) is 9.70. The molecule has 1 aliphatic rings. The van der Waals surface area contributed by atoms with Gasteiger partial charge in [0.25, 0.3) is 0 Å². The highest BCUT2D eigenvalue weighted by Crippen LogP contribution is 2.24.